The Morgan fingerprint density at radius 3 is 2.67 bits per heavy atom. The number of benzene rings is 1. The fourth-order valence-electron chi connectivity index (χ4n) is 2.16. The van der Waals surface area contributed by atoms with Gasteiger partial charge in [0.25, 0.3) is 11.7 Å². The van der Waals surface area contributed by atoms with Crippen LogP contribution in [-0.4, -0.2) is 22.8 Å². The molecule has 7 heteroatoms. The van der Waals surface area contributed by atoms with Crippen LogP contribution in [0.25, 0.3) is 0 Å². The van der Waals surface area contributed by atoms with E-state index in [0.717, 1.165) is 4.47 Å². The maximum atomic E-state index is 12.0. The zero-order chi connectivity index (χ0) is 15.1. The third-order valence-electron chi connectivity index (χ3n) is 3.12. The second-order valence-electron chi connectivity index (χ2n) is 4.45. The van der Waals surface area contributed by atoms with Crippen molar-refractivity contribution < 1.29 is 23.9 Å². The number of ketones is 1. The summed E-state index contributed by atoms with van der Waals surface area (Å²) in [5.74, 6) is -2.34. The number of carboxylic acids is 1. The summed E-state index contributed by atoms with van der Waals surface area (Å²) in [7, 11) is 0. The van der Waals surface area contributed by atoms with E-state index in [9.17, 15) is 14.4 Å². The van der Waals surface area contributed by atoms with Crippen LogP contribution in [0.15, 0.2) is 39.2 Å². The number of anilines is 1. The largest absolute Gasteiger partial charge is 0.475 e. The number of aromatic carboxylic acids is 1. The van der Waals surface area contributed by atoms with Crippen molar-refractivity contribution in [2.24, 2.45) is 0 Å². The van der Waals surface area contributed by atoms with Crippen LogP contribution in [0.4, 0.5) is 5.69 Å². The zero-order valence-corrected chi connectivity index (χ0v) is 12.1. The Labute approximate surface area is 127 Å². The number of fused-ring (bicyclic) bond motifs is 1. The van der Waals surface area contributed by atoms with E-state index in [1.807, 2.05) is 0 Å². The summed E-state index contributed by atoms with van der Waals surface area (Å²) in [5.41, 5.74) is 0.806. The quantitative estimate of drug-likeness (QED) is 0.860. The van der Waals surface area contributed by atoms with Gasteiger partial charge in [0.05, 0.1) is 17.8 Å². The van der Waals surface area contributed by atoms with Crippen LogP contribution in [-0.2, 0) is 11.3 Å². The molecule has 6 nitrogen and oxygen atoms in total. The van der Waals surface area contributed by atoms with Crippen molar-refractivity contribution in [1.82, 2.24) is 0 Å². The molecule has 1 amide bonds. The van der Waals surface area contributed by atoms with Crippen LogP contribution in [0.1, 0.15) is 26.7 Å². The van der Waals surface area contributed by atoms with E-state index in [1.165, 1.54) is 17.0 Å². The van der Waals surface area contributed by atoms with Gasteiger partial charge in [0.1, 0.15) is 5.76 Å². The zero-order valence-electron chi connectivity index (χ0n) is 10.5. The van der Waals surface area contributed by atoms with Crippen molar-refractivity contribution in [2.75, 3.05) is 4.90 Å². The van der Waals surface area contributed by atoms with Gasteiger partial charge in [-0.1, -0.05) is 15.9 Å². The molecule has 2 aromatic rings. The standard InChI is InChI=1S/C14H8BrNO5/c15-7-1-3-9-10(5-7)16(13(18)12(9)17)6-8-2-4-11(21-8)14(19)20/h1-5H,6H2,(H,19,20). The maximum absolute atomic E-state index is 12.0. The van der Waals surface area contributed by atoms with Gasteiger partial charge < -0.3 is 9.52 Å². The van der Waals surface area contributed by atoms with Crippen molar-refractivity contribution in [3.8, 4) is 0 Å². The first-order valence-corrected chi connectivity index (χ1v) is 6.74. The molecule has 0 bridgehead atoms. The monoisotopic (exact) mass is 349 g/mol. The summed E-state index contributed by atoms with van der Waals surface area (Å²) < 4.78 is 5.85. The SMILES string of the molecule is O=C(O)c1ccc(CN2C(=O)C(=O)c3ccc(Br)cc32)o1. The molecular formula is C14H8BrNO5. The second-order valence-corrected chi connectivity index (χ2v) is 5.37. The molecule has 106 valence electrons. The lowest BCUT2D eigenvalue weighted by Crippen LogP contribution is -2.28. The summed E-state index contributed by atoms with van der Waals surface area (Å²) in [4.78, 5) is 36.0. The number of nitrogens with zero attached hydrogens (tertiary/aromatic N) is 1. The molecule has 0 unspecified atom stereocenters. The summed E-state index contributed by atoms with van der Waals surface area (Å²) >= 11 is 3.29. The molecular weight excluding hydrogens is 342 g/mol. The van der Waals surface area contributed by atoms with Gasteiger partial charge >= 0.3 is 5.97 Å². The predicted molar refractivity (Wildman–Crippen MR) is 75.3 cm³/mol. The number of carboxylic acid groups (broad SMARTS) is 1. The summed E-state index contributed by atoms with van der Waals surface area (Å²) in [6.45, 7) is 0.00130. The normalized spacial score (nSPS) is 13.7. The topological polar surface area (TPSA) is 87.8 Å². The summed E-state index contributed by atoms with van der Waals surface area (Å²) in [6.07, 6.45) is 0. The van der Waals surface area contributed by atoms with Crippen molar-refractivity contribution in [2.45, 2.75) is 6.54 Å². The molecule has 0 aliphatic carbocycles. The lowest BCUT2D eigenvalue weighted by Gasteiger charge is -2.14. The van der Waals surface area contributed by atoms with Gasteiger partial charge in [-0.15, -0.1) is 0 Å². The van der Waals surface area contributed by atoms with Crippen LogP contribution in [0.3, 0.4) is 0 Å². The number of furan rings is 1. The van der Waals surface area contributed by atoms with Gasteiger partial charge in [0, 0.05) is 4.47 Å². The molecule has 1 N–H and O–H groups in total. The lowest BCUT2D eigenvalue weighted by atomic mass is 10.1. The average Bonchev–Trinajstić information content (AvgIpc) is 2.99. The fraction of sp³-hybridized carbons (Fsp3) is 0.0714. The Balaban J connectivity index is 1.95. The Morgan fingerprint density at radius 1 is 1.24 bits per heavy atom. The van der Waals surface area contributed by atoms with Crippen LogP contribution < -0.4 is 4.90 Å². The van der Waals surface area contributed by atoms with Crippen LogP contribution >= 0.6 is 15.9 Å². The number of Topliss-reactive ketones (excluding diaryl/α,β-unsaturated/α-hetero) is 1. The number of amides is 1. The Kier molecular flexibility index (Phi) is 3.13. The average molecular weight is 350 g/mol. The highest BCUT2D eigenvalue weighted by molar-refractivity contribution is 9.10. The first kappa shape index (κ1) is 13.6. The molecule has 3 rings (SSSR count). The van der Waals surface area contributed by atoms with Crippen molar-refractivity contribution >= 4 is 39.3 Å². The van der Waals surface area contributed by atoms with Gasteiger partial charge in [0.15, 0.2) is 0 Å². The molecule has 0 fully saturated rings. The molecule has 0 saturated carbocycles. The molecule has 1 aliphatic rings. The highest BCUT2D eigenvalue weighted by atomic mass is 79.9. The smallest absolute Gasteiger partial charge is 0.371 e. The molecule has 1 aliphatic heterocycles. The number of halogens is 1. The van der Waals surface area contributed by atoms with Crippen LogP contribution in [0.5, 0.6) is 0 Å². The van der Waals surface area contributed by atoms with Gasteiger partial charge in [0.2, 0.25) is 5.76 Å². The maximum Gasteiger partial charge on any atom is 0.371 e. The lowest BCUT2D eigenvalue weighted by molar-refractivity contribution is -0.114. The van der Waals surface area contributed by atoms with E-state index < -0.39 is 17.7 Å². The predicted octanol–water partition coefficient (Wildman–Crippen LogP) is 2.47. The number of rotatable bonds is 3. The molecule has 0 atom stereocenters. The molecule has 1 aromatic carbocycles. The van der Waals surface area contributed by atoms with Gasteiger partial charge in [-0.05, 0) is 30.3 Å². The fourth-order valence-corrected chi connectivity index (χ4v) is 2.51. The summed E-state index contributed by atoms with van der Waals surface area (Å²) in [6, 6.07) is 7.70. The van der Waals surface area contributed by atoms with Crippen LogP contribution in [0, 0.1) is 0 Å². The minimum Gasteiger partial charge on any atom is -0.475 e. The first-order chi connectivity index (χ1) is 9.97. The molecule has 0 radical (unpaired) electrons. The Hall–Kier alpha value is -2.41. The minimum atomic E-state index is -1.19. The second kappa shape index (κ2) is 4.85. The third-order valence-corrected chi connectivity index (χ3v) is 3.61. The highest BCUT2D eigenvalue weighted by Crippen LogP contribution is 2.33. The van der Waals surface area contributed by atoms with E-state index in [2.05, 4.69) is 15.9 Å². The van der Waals surface area contributed by atoms with E-state index in [4.69, 9.17) is 9.52 Å². The summed E-state index contributed by atoms with van der Waals surface area (Å²) in [5, 5.41) is 8.81. The van der Waals surface area contributed by atoms with Gasteiger partial charge in [-0.3, -0.25) is 14.5 Å². The van der Waals surface area contributed by atoms with Crippen molar-refractivity contribution in [3.63, 3.8) is 0 Å². The van der Waals surface area contributed by atoms with E-state index in [-0.39, 0.29) is 12.3 Å². The minimum absolute atomic E-state index is 0.00130. The number of carbonyl (C=O) groups is 3. The third kappa shape index (κ3) is 2.25. The molecule has 2 heterocycles. The number of hydrogen-bond acceptors (Lipinski definition) is 4. The van der Waals surface area contributed by atoms with Crippen LogP contribution in [0.2, 0.25) is 0 Å². The van der Waals surface area contributed by atoms with E-state index in [0.29, 0.717) is 17.0 Å². The molecule has 21 heavy (non-hydrogen) atoms. The number of carbonyl (C=O) groups excluding carboxylic acids is 2. The molecule has 1 aromatic heterocycles. The van der Waals surface area contributed by atoms with Crippen molar-refractivity contribution in [1.29, 1.82) is 0 Å². The van der Waals surface area contributed by atoms with E-state index >= 15 is 0 Å². The Morgan fingerprint density at radius 2 is 2.00 bits per heavy atom. The van der Waals surface area contributed by atoms with Gasteiger partial charge in [-0.2, -0.15) is 0 Å². The van der Waals surface area contributed by atoms with Gasteiger partial charge in [-0.25, -0.2) is 4.79 Å². The first-order valence-electron chi connectivity index (χ1n) is 5.95. The molecule has 0 spiro atoms. The van der Waals surface area contributed by atoms with Crippen molar-refractivity contribution in [3.05, 3.63) is 51.9 Å². The Bertz CT molecular complexity index is 779. The molecule has 0 saturated heterocycles. The van der Waals surface area contributed by atoms with E-state index in [1.54, 1.807) is 18.2 Å². The highest BCUT2D eigenvalue weighted by Gasteiger charge is 2.36. The number of hydrogen-bond donors (Lipinski definition) is 1.